The monoisotopic (exact) mass is 274 g/mol. The molecule has 3 heterocycles. The second-order valence-electron chi connectivity index (χ2n) is 6.00. The topological polar surface area (TPSA) is 31.4 Å². The molecule has 1 aromatic heterocycles. The summed E-state index contributed by atoms with van der Waals surface area (Å²) in [6.07, 6.45) is 6.05. The molecule has 1 atom stereocenters. The van der Waals surface area contributed by atoms with E-state index in [9.17, 15) is 0 Å². The molecule has 0 saturated carbocycles. The second kappa shape index (κ2) is 6.55. The Balaban J connectivity index is 1.54. The van der Waals surface area contributed by atoms with Crippen molar-refractivity contribution < 1.29 is 0 Å². The van der Waals surface area contributed by atoms with E-state index < -0.39 is 0 Å². The van der Waals surface area contributed by atoms with Crippen LogP contribution in [0.5, 0.6) is 0 Å². The SMILES string of the molecule is CCNc1cc(CN2CCC(N3CCCC3)C2)ccn1. The molecule has 110 valence electrons. The lowest BCUT2D eigenvalue weighted by atomic mass is 10.2. The van der Waals surface area contributed by atoms with Crippen LogP contribution >= 0.6 is 0 Å². The molecule has 1 unspecified atom stereocenters. The summed E-state index contributed by atoms with van der Waals surface area (Å²) in [6.45, 7) is 9.20. The predicted octanol–water partition coefficient (Wildman–Crippen LogP) is 2.18. The van der Waals surface area contributed by atoms with Gasteiger partial charge in [0.1, 0.15) is 5.82 Å². The number of nitrogens with one attached hydrogen (secondary N) is 1. The number of rotatable bonds is 5. The molecular formula is C16H26N4. The normalized spacial score (nSPS) is 24.4. The third kappa shape index (κ3) is 3.30. The largest absolute Gasteiger partial charge is 0.370 e. The maximum Gasteiger partial charge on any atom is 0.126 e. The van der Waals surface area contributed by atoms with E-state index in [4.69, 9.17) is 0 Å². The number of anilines is 1. The Morgan fingerprint density at radius 2 is 2.15 bits per heavy atom. The standard InChI is InChI=1S/C16H26N4/c1-2-17-16-11-14(5-7-18-16)12-19-10-6-15(13-19)20-8-3-4-9-20/h5,7,11,15H,2-4,6,8-10,12-13H2,1H3,(H,17,18). The number of hydrogen-bond acceptors (Lipinski definition) is 4. The van der Waals surface area contributed by atoms with Gasteiger partial charge in [-0.25, -0.2) is 4.98 Å². The molecular weight excluding hydrogens is 248 g/mol. The first-order chi connectivity index (χ1) is 9.85. The third-order valence-electron chi connectivity index (χ3n) is 4.49. The van der Waals surface area contributed by atoms with Crippen LogP contribution in [0.3, 0.4) is 0 Å². The van der Waals surface area contributed by atoms with E-state index in [0.717, 1.165) is 24.9 Å². The minimum atomic E-state index is 0.799. The van der Waals surface area contributed by atoms with Gasteiger partial charge >= 0.3 is 0 Å². The molecule has 0 radical (unpaired) electrons. The van der Waals surface area contributed by atoms with Crippen LogP contribution in [0.15, 0.2) is 18.3 Å². The Bertz CT molecular complexity index is 428. The van der Waals surface area contributed by atoms with Crippen molar-refractivity contribution in [2.24, 2.45) is 0 Å². The minimum absolute atomic E-state index is 0.799. The van der Waals surface area contributed by atoms with Crippen LogP contribution in [-0.4, -0.2) is 53.5 Å². The molecule has 20 heavy (non-hydrogen) atoms. The maximum atomic E-state index is 4.34. The lowest BCUT2D eigenvalue weighted by Crippen LogP contribution is -2.35. The number of nitrogens with zero attached hydrogens (tertiary/aromatic N) is 3. The highest BCUT2D eigenvalue weighted by molar-refractivity contribution is 5.37. The first kappa shape index (κ1) is 13.8. The Morgan fingerprint density at radius 3 is 2.95 bits per heavy atom. The lowest BCUT2D eigenvalue weighted by Gasteiger charge is -2.23. The molecule has 2 aliphatic heterocycles. The van der Waals surface area contributed by atoms with Crippen LogP contribution in [0.25, 0.3) is 0 Å². The first-order valence-electron chi connectivity index (χ1n) is 8.00. The second-order valence-corrected chi connectivity index (χ2v) is 6.00. The van der Waals surface area contributed by atoms with Crippen LogP contribution in [0.2, 0.25) is 0 Å². The Kier molecular flexibility index (Phi) is 4.53. The van der Waals surface area contributed by atoms with E-state index in [2.05, 4.69) is 39.2 Å². The van der Waals surface area contributed by atoms with Crippen LogP contribution < -0.4 is 5.32 Å². The summed E-state index contributed by atoms with van der Waals surface area (Å²) in [7, 11) is 0. The van der Waals surface area contributed by atoms with Gasteiger partial charge in [0.05, 0.1) is 0 Å². The zero-order valence-corrected chi connectivity index (χ0v) is 12.5. The average molecular weight is 274 g/mol. The summed E-state index contributed by atoms with van der Waals surface area (Å²) < 4.78 is 0. The van der Waals surface area contributed by atoms with Gasteiger partial charge in [-0.05, 0) is 57.0 Å². The van der Waals surface area contributed by atoms with Gasteiger partial charge < -0.3 is 5.32 Å². The highest BCUT2D eigenvalue weighted by Gasteiger charge is 2.28. The molecule has 0 bridgehead atoms. The Hall–Kier alpha value is -1.13. The van der Waals surface area contributed by atoms with Crippen LogP contribution in [0, 0.1) is 0 Å². The molecule has 2 saturated heterocycles. The predicted molar refractivity (Wildman–Crippen MR) is 82.9 cm³/mol. The van der Waals surface area contributed by atoms with Crippen molar-refractivity contribution in [2.45, 2.75) is 38.8 Å². The molecule has 3 rings (SSSR count). The number of hydrogen-bond donors (Lipinski definition) is 1. The van der Waals surface area contributed by atoms with Crippen molar-refractivity contribution in [2.75, 3.05) is 38.0 Å². The molecule has 4 nitrogen and oxygen atoms in total. The molecule has 1 aromatic rings. The van der Waals surface area contributed by atoms with Gasteiger partial charge in [0.15, 0.2) is 0 Å². The van der Waals surface area contributed by atoms with Gasteiger partial charge in [0, 0.05) is 38.4 Å². The molecule has 0 spiro atoms. The molecule has 1 N–H and O–H groups in total. The van der Waals surface area contributed by atoms with Crippen molar-refractivity contribution in [3.63, 3.8) is 0 Å². The fourth-order valence-electron chi connectivity index (χ4n) is 3.47. The van der Waals surface area contributed by atoms with Gasteiger partial charge in [-0.2, -0.15) is 0 Å². The maximum absolute atomic E-state index is 4.34. The van der Waals surface area contributed by atoms with Crippen molar-refractivity contribution in [3.8, 4) is 0 Å². The first-order valence-corrected chi connectivity index (χ1v) is 8.00. The smallest absolute Gasteiger partial charge is 0.126 e. The quantitative estimate of drug-likeness (QED) is 0.892. The summed E-state index contributed by atoms with van der Waals surface area (Å²) in [5.41, 5.74) is 1.37. The molecule has 2 fully saturated rings. The zero-order chi connectivity index (χ0) is 13.8. The number of likely N-dealkylation sites (tertiary alicyclic amines) is 2. The summed E-state index contributed by atoms with van der Waals surface area (Å²) in [6, 6.07) is 5.13. The van der Waals surface area contributed by atoms with E-state index >= 15 is 0 Å². The van der Waals surface area contributed by atoms with Gasteiger partial charge in [0.2, 0.25) is 0 Å². The Morgan fingerprint density at radius 1 is 1.30 bits per heavy atom. The molecule has 0 aliphatic carbocycles. The molecule has 2 aliphatic rings. The van der Waals surface area contributed by atoms with Crippen molar-refractivity contribution in [1.82, 2.24) is 14.8 Å². The van der Waals surface area contributed by atoms with E-state index in [1.165, 1.54) is 51.0 Å². The minimum Gasteiger partial charge on any atom is -0.370 e. The van der Waals surface area contributed by atoms with Crippen molar-refractivity contribution >= 4 is 5.82 Å². The van der Waals surface area contributed by atoms with Crippen molar-refractivity contribution in [1.29, 1.82) is 0 Å². The highest BCUT2D eigenvalue weighted by atomic mass is 15.3. The number of pyridine rings is 1. The summed E-state index contributed by atoms with van der Waals surface area (Å²) >= 11 is 0. The van der Waals surface area contributed by atoms with Crippen LogP contribution in [-0.2, 0) is 6.54 Å². The zero-order valence-electron chi connectivity index (χ0n) is 12.5. The third-order valence-corrected chi connectivity index (χ3v) is 4.49. The molecule has 0 amide bonds. The summed E-state index contributed by atoms with van der Waals surface area (Å²) in [5.74, 6) is 1.00. The summed E-state index contributed by atoms with van der Waals surface area (Å²) in [4.78, 5) is 9.63. The van der Waals surface area contributed by atoms with Crippen molar-refractivity contribution in [3.05, 3.63) is 23.9 Å². The highest BCUT2D eigenvalue weighted by Crippen LogP contribution is 2.22. The van der Waals surface area contributed by atoms with Gasteiger partial charge in [0.25, 0.3) is 0 Å². The fraction of sp³-hybridized carbons (Fsp3) is 0.688. The van der Waals surface area contributed by atoms with Gasteiger partial charge in [-0.1, -0.05) is 0 Å². The summed E-state index contributed by atoms with van der Waals surface area (Å²) in [5, 5.41) is 3.29. The molecule has 0 aromatic carbocycles. The van der Waals surface area contributed by atoms with Gasteiger partial charge in [-0.3, -0.25) is 9.80 Å². The molecule has 4 heteroatoms. The van der Waals surface area contributed by atoms with E-state index in [1.54, 1.807) is 0 Å². The Labute approximate surface area is 122 Å². The fourth-order valence-corrected chi connectivity index (χ4v) is 3.47. The lowest BCUT2D eigenvalue weighted by molar-refractivity contribution is 0.230. The van der Waals surface area contributed by atoms with Crippen LogP contribution in [0.1, 0.15) is 31.7 Å². The van der Waals surface area contributed by atoms with E-state index in [1.807, 2.05) is 6.20 Å². The van der Waals surface area contributed by atoms with E-state index in [-0.39, 0.29) is 0 Å². The van der Waals surface area contributed by atoms with Crippen LogP contribution in [0.4, 0.5) is 5.82 Å². The van der Waals surface area contributed by atoms with Gasteiger partial charge in [-0.15, -0.1) is 0 Å². The average Bonchev–Trinajstić information content (AvgIpc) is 3.10. The van der Waals surface area contributed by atoms with E-state index in [0.29, 0.717) is 0 Å². The number of aromatic nitrogens is 1.